The fraction of sp³-hybridized carbons (Fsp3) is 0.579. The minimum Gasteiger partial charge on any atom is -0.455 e. The predicted octanol–water partition coefficient (Wildman–Crippen LogP) is 3.63. The Morgan fingerprint density at radius 3 is 2.71 bits per heavy atom. The number of benzene rings is 1. The van der Waals surface area contributed by atoms with Crippen LogP contribution in [0.4, 0.5) is 0 Å². The van der Waals surface area contributed by atoms with E-state index in [1.807, 2.05) is 26.0 Å². The van der Waals surface area contributed by atoms with E-state index in [1.54, 1.807) is 0 Å². The molecule has 2 atom stereocenters. The highest BCUT2D eigenvalue weighted by atomic mass is 32.2. The number of carbonyl (C=O) groups excluding carboxylic acids is 2. The van der Waals surface area contributed by atoms with E-state index in [2.05, 4.69) is 18.3 Å². The maximum atomic E-state index is 11.9. The zero-order valence-corrected chi connectivity index (χ0v) is 15.6. The molecule has 0 saturated heterocycles. The number of esters is 1. The molecule has 1 saturated carbocycles. The first-order valence-electron chi connectivity index (χ1n) is 8.60. The van der Waals surface area contributed by atoms with Crippen LogP contribution in [0.2, 0.25) is 0 Å². The first-order chi connectivity index (χ1) is 11.5. The molecule has 0 aliphatic heterocycles. The van der Waals surface area contributed by atoms with Crippen LogP contribution in [0.25, 0.3) is 0 Å². The summed E-state index contributed by atoms with van der Waals surface area (Å²) in [4.78, 5) is 24.8. The van der Waals surface area contributed by atoms with Crippen molar-refractivity contribution in [3.05, 3.63) is 29.3 Å². The van der Waals surface area contributed by atoms with Crippen molar-refractivity contribution in [1.29, 1.82) is 0 Å². The summed E-state index contributed by atoms with van der Waals surface area (Å²) in [6, 6.07) is 6.35. The summed E-state index contributed by atoms with van der Waals surface area (Å²) in [6.07, 6.45) is 4.56. The van der Waals surface area contributed by atoms with Crippen LogP contribution in [0.1, 0.15) is 43.7 Å². The second-order valence-electron chi connectivity index (χ2n) is 6.65. The molecule has 4 nitrogen and oxygen atoms in total. The van der Waals surface area contributed by atoms with E-state index in [9.17, 15) is 9.59 Å². The fourth-order valence-electron chi connectivity index (χ4n) is 3.06. The van der Waals surface area contributed by atoms with Gasteiger partial charge < -0.3 is 10.1 Å². The Bertz CT molecular complexity index is 588. The van der Waals surface area contributed by atoms with Crippen molar-refractivity contribution in [1.82, 2.24) is 5.32 Å². The van der Waals surface area contributed by atoms with Gasteiger partial charge in [0.25, 0.3) is 5.91 Å². The standard InChI is InChI=1S/C19H27NO3S/c1-13-8-9-17(15(3)10-13)24-12-19(22)23-11-18(21)20-16-7-5-4-6-14(16)2/h8-10,14,16H,4-7,11-12H2,1-3H3,(H,20,21)/t14-,16-/m0/s1. The highest BCUT2D eigenvalue weighted by Crippen LogP contribution is 2.24. The molecular weight excluding hydrogens is 322 g/mol. The number of ether oxygens (including phenoxy) is 1. The first-order valence-corrected chi connectivity index (χ1v) is 9.59. The normalized spacial score (nSPS) is 20.5. The molecule has 0 heterocycles. The largest absolute Gasteiger partial charge is 0.455 e. The second kappa shape index (κ2) is 9.11. The Hall–Kier alpha value is -1.49. The van der Waals surface area contributed by atoms with Crippen molar-refractivity contribution in [2.24, 2.45) is 5.92 Å². The lowest BCUT2D eigenvalue weighted by molar-refractivity contribution is -0.146. The minimum absolute atomic E-state index is 0.185. The highest BCUT2D eigenvalue weighted by molar-refractivity contribution is 8.00. The predicted molar refractivity (Wildman–Crippen MR) is 97.2 cm³/mol. The maximum absolute atomic E-state index is 11.9. The Balaban J connectivity index is 1.69. The van der Waals surface area contributed by atoms with Gasteiger partial charge in [0.1, 0.15) is 0 Å². The van der Waals surface area contributed by atoms with Crippen LogP contribution >= 0.6 is 11.8 Å². The Labute approximate surface area is 148 Å². The molecule has 1 aliphatic rings. The van der Waals surface area contributed by atoms with Crippen LogP contribution in [0.5, 0.6) is 0 Å². The van der Waals surface area contributed by atoms with Gasteiger partial charge in [-0.05, 0) is 44.2 Å². The number of hydrogen-bond donors (Lipinski definition) is 1. The number of rotatable bonds is 6. The number of thioether (sulfide) groups is 1. The van der Waals surface area contributed by atoms with Crippen LogP contribution < -0.4 is 5.32 Å². The summed E-state index contributed by atoms with van der Waals surface area (Å²) < 4.78 is 5.09. The number of hydrogen-bond acceptors (Lipinski definition) is 4. The third-order valence-electron chi connectivity index (χ3n) is 4.50. The molecule has 0 spiro atoms. The van der Waals surface area contributed by atoms with Gasteiger partial charge in [-0.15, -0.1) is 11.8 Å². The molecular formula is C19H27NO3S. The molecule has 1 aliphatic carbocycles. The molecule has 132 valence electrons. The zero-order valence-electron chi connectivity index (χ0n) is 14.8. The van der Waals surface area contributed by atoms with Gasteiger partial charge in [0.2, 0.25) is 0 Å². The van der Waals surface area contributed by atoms with Crippen molar-refractivity contribution in [3.8, 4) is 0 Å². The van der Waals surface area contributed by atoms with E-state index < -0.39 is 0 Å². The van der Waals surface area contributed by atoms with E-state index in [4.69, 9.17) is 4.74 Å². The molecule has 1 aromatic carbocycles. The van der Waals surface area contributed by atoms with Crippen molar-refractivity contribution in [2.75, 3.05) is 12.4 Å². The Morgan fingerprint density at radius 2 is 2.00 bits per heavy atom. The van der Waals surface area contributed by atoms with Gasteiger partial charge in [-0.25, -0.2) is 0 Å². The minimum atomic E-state index is -0.355. The monoisotopic (exact) mass is 349 g/mol. The van der Waals surface area contributed by atoms with Crippen molar-refractivity contribution in [2.45, 2.75) is 57.4 Å². The quantitative estimate of drug-likeness (QED) is 0.629. The van der Waals surface area contributed by atoms with Crippen LogP contribution in [0, 0.1) is 19.8 Å². The lowest BCUT2D eigenvalue weighted by Gasteiger charge is -2.29. The topological polar surface area (TPSA) is 55.4 Å². The summed E-state index contributed by atoms with van der Waals surface area (Å²) in [5.41, 5.74) is 2.35. The summed E-state index contributed by atoms with van der Waals surface area (Å²) in [5.74, 6) is 0.167. The molecule has 1 fully saturated rings. The summed E-state index contributed by atoms with van der Waals surface area (Å²) in [6.45, 7) is 6.05. The number of carbonyl (C=O) groups is 2. The molecule has 1 aromatic rings. The Morgan fingerprint density at radius 1 is 1.25 bits per heavy atom. The van der Waals surface area contributed by atoms with Gasteiger partial charge in [0, 0.05) is 10.9 Å². The van der Waals surface area contributed by atoms with Crippen molar-refractivity contribution >= 4 is 23.6 Å². The van der Waals surface area contributed by atoms with E-state index in [1.165, 1.54) is 23.7 Å². The Kier molecular flexibility index (Phi) is 7.16. The van der Waals surface area contributed by atoms with Crippen LogP contribution in [-0.4, -0.2) is 30.3 Å². The summed E-state index contributed by atoms with van der Waals surface area (Å²) >= 11 is 1.45. The van der Waals surface area contributed by atoms with Gasteiger partial charge in [0.15, 0.2) is 6.61 Å². The lowest BCUT2D eigenvalue weighted by atomic mass is 9.86. The average molecular weight is 349 g/mol. The van der Waals surface area contributed by atoms with Gasteiger partial charge in [-0.2, -0.15) is 0 Å². The zero-order chi connectivity index (χ0) is 17.5. The molecule has 1 N–H and O–H groups in total. The first kappa shape index (κ1) is 18.8. The lowest BCUT2D eigenvalue weighted by Crippen LogP contribution is -2.43. The smallest absolute Gasteiger partial charge is 0.316 e. The molecule has 0 aromatic heterocycles. The van der Waals surface area contributed by atoms with E-state index >= 15 is 0 Å². The molecule has 1 amide bonds. The van der Waals surface area contributed by atoms with Gasteiger partial charge in [-0.3, -0.25) is 9.59 Å². The third-order valence-corrected chi connectivity index (χ3v) is 5.65. The second-order valence-corrected chi connectivity index (χ2v) is 7.67. The van der Waals surface area contributed by atoms with Crippen LogP contribution in [0.3, 0.4) is 0 Å². The number of amides is 1. The van der Waals surface area contributed by atoms with Crippen LogP contribution in [-0.2, 0) is 14.3 Å². The van der Waals surface area contributed by atoms with Gasteiger partial charge in [0.05, 0.1) is 5.75 Å². The molecule has 0 bridgehead atoms. The maximum Gasteiger partial charge on any atom is 0.316 e. The van der Waals surface area contributed by atoms with Gasteiger partial charge in [-0.1, -0.05) is 37.5 Å². The molecule has 2 rings (SSSR count). The molecule has 24 heavy (non-hydrogen) atoms. The van der Waals surface area contributed by atoms with E-state index in [0.717, 1.165) is 29.7 Å². The number of nitrogens with one attached hydrogen (secondary N) is 1. The fourth-order valence-corrected chi connectivity index (χ4v) is 3.87. The van der Waals surface area contributed by atoms with Crippen molar-refractivity contribution < 1.29 is 14.3 Å². The number of aryl methyl sites for hydroxylation is 2. The molecule has 5 heteroatoms. The molecule has 0 unspecified atom stereocenters. The van der Waals surface area contributed by atoms with Crippen LogP contribution in [0.15, 0.2) is 23.1 Å². The van der Waals surface area contributed by atoms with Crippen molar-refractivity contribution in [3.63, 3.8) is 0 Å². The third kappa shape index (κ3) is 5.86. The summed E-state index contributed by atoms with van der Waals surface area (Å²) in [5, 5.41) is 2.99. The SMILES string of the molecule is Cc1ccc(SCC(=O)OCC(=O)N[C@H]2CCCC[C@@H]2C)c(C)c1. The highest BCUT2D eigenvalue weighted by Gasteiger charge is 2.23. The van der Waals surface area contributed by atoms with E-state index in [-0.39, 0.29) is 30.3 Å². The van der Waals surface area contributed by atoms with Gasteiger partial charge >= 0.3 is 5.97 Å². The molecule has 0 radical (unpaired) electrons. The van der Waals surface area contributed by atoms with E-state index in [0.29, 0.717) is 5.92 Å². The average Bonchev–Trinajstić information content (AvgIpc) is 2.54. The summed E-state index contributed by atoms with van der Waals surface area (Å²) in [7, 11) is 0.